The molecule has 1 amide bonds. The maximum absolute atomic E-state index is 14.1. The van der Waals surface area contributed by atoms with E-state index in [2.05, 4.69) is 10.1 Å². The first-order valence-corrected chi connectivity index (χ1v) is 12.5. The van der Waals surface area contributed by atoms with E-state index in [-0.39, 0.29) is 29.1 Å². The van der Waals surface area contributed by atoms with Gasteiger partial charge in [0, 0.05) is 30.4 Å². The number of hydrogen-bond donors (Lipinski definition) is 0. The number of para-hydroxylation sites is 1. The lowest BCUT2D eigenvalue weighted by molar-refractivity contribution is -0.118. The molecule has 0 bridgehead atoms. The molecule has 2 heterocycles. The number of carbonyl (C=O) groups excluding carboxylic acids is 1. The van der Waals surface area contributed by atoms with Gasteiger partial charge in [-0.2, -0.15) is 5.10 Å². The van der Waals surface area contributed by atoms with Crippen molar-refractivity contribution in [1.29, 1.82) is 0 Å². The van der Waals surface area contributed by atoms with Crippen molar-refractivity contribution >= 4 is 54.0 Å². The Labute approximate surface area is 193 Å². The fraction of sp³-hybridized carbons (Fsp3) is 0.190. The molecule has 2 aromatic heterocycles. The molecule has 4 aromatic rings. The first-order chi connectivity index (χ1) is 15.3. The highest BCUT2D eigenvalue weighted by Crippen LogP contribution is 2.30. The molecule has 0 fully saturated rings. The highest BCUT2D eigenvalue weighted by molar-refractivity contribution is 7.91. The summed E-state index contributed by atoms with van der Waals surface area (Å²) in [6, 6.07) is 12.2. The summed E-state index contributed by atoms with van der Waals surface area (Å²) in [5, 5.41) is 4.86. The molecule has 2 aromatic carbocycles. The standard InChI is InChI=1S/C21H18ClFN4O3S2/c22-15-5-7-16(8-6-15)32(29,30)14-9-19(28)27(13-12-26-11-2-10-24-26)21-25-20-17(23)3-1-4-18(20)31-21/h1-8,10-11H,9,12-14H2. The van der Waals surface area contributed by atoms with Crippen LogP contribution in [0.5, 0.6) is 0 Å². The molecule has 0 radical (unpaired) electrons. The SMILES string of the molecule is O=C(CCS(=O)(=O)c1ccc(Cl)cc1)N(CCn1cccn1)c1nc2c(F)cccc2s1. The number of sulfone groups is 1. The molecule has 0 unspecified atom stereocenters. The minimum atomic E-state index is -3.68. The van der Waals surface area contributed by atoms with Crippen LogP contribution in [-0.4, -0.2) is 41.4 Å². The summed E-state index contributed by atoms with van der Waals surface area (Å²) in [5.74, 6) is -1.27. The third kappa shape index (κ3) is 4.98. The number of benzene rings is 2. The van der Waals surface area contributed by atoms with Crippen LogP contribution >= 0.6 is 22.9 Å². The van der Waals surface area contributed by atoms with Gasteiger partial charge in [0.25, 0.3) is 0 Å². The molecular weight excluding hydrogens is 475 g/mol. The fourth-order valence-electron chi connectivity index (χ4n) is 3.10. The molecule has 0 saturated carbocycles. The number of amides is 1. The number of aromatic nitrogens is 3. The van der Waals surface area contributed by atoms with E-state index >= 15 is 0 Å². The summed E-state index contributed by atoms with van der Waals surface area (Å²) in [6.45, 7) is 0.587. The van der Waals surface area contributed by atoms with Gasteiger partial charge >= 0.3 is 0 Å². The normalized spacial score (nSPS) is 11.7. The molecule has 0 spiro atoms. The molecular formula is C21H18ClFN4O3S2. The van der Waals surface area contributed by atoms with Crippen LogP contribution < -0.4 is 4.90 Å². The molecule has 0 aliphatic rings. The summed E-state index contributed by atoms with van der Waals surface area (Å²) in [5.41, 5.74) is 0.179. The summed E-state index contributed by atoms with van der Waals surface area (Å²) < 4.78 is 41.7. The average molecular weight is 493 g/mol. The lowest BCUT2D eigenvalue weighted by Gasteiger charge is -2.20. The second-order valence-electron chi connectivity index (χ2n) is 6.92. The van der Waals surface area contributed by atoms with Gasteiger partial charge in [-0.25, -0.2) is 17.8 Å². The quantitative estimate of drug-likeness (QED) is 0.368. The van der Waals surface area contributed by atoms with Gasteiger partial charge in [0.1, 0.15) is 11.3 Å². The second kappa shape index (κ2) is 9.35. The van der Waals surface area contributed by atoms with E-state index in [4.69, 9.17) is 11.6 Å². The van der Waals surface area contributed by atoms with Gasteiger partial charge in [0.05, 0.1) is 21.9 Å². The largest absolute Gasteiger partial charge is 0.286 e. The van der Waals surface area contributed by atoms with Crippen LogP contribution in [-0.2, 0) is 21.2 Å². The van der Waals surface area contributed by atoms with Crippen LogP contribution in [0, 0.1) is 5.82 Å². The van der Waals surface area contributed by atoms with Crippen LogP contribution in [0.3, 0.4) is 0 Å². The van der Waals surface area contributed by atoms with Gasteiger partial charge in [0.15, 0.2) is 15.0 Å². The number of anilines is 1. The first-order valence-electron chi connectivity index (χ1n) is 9.65. The van der Waals surface area contributed by atoms with Gasteiger partial charge in [-0.05, 0) is 42.5 Å². The van der Waals surface area contributed by atoms with Gasteiger partial charge in [0.2, 0.25) is 5.91 Å². The Morgan fingerprint density at radius 2 is 1.94 bits per heavy atom. The van der Waals surface area contributed by atoms with Crippen molar-refractivity contribution < 1.29 is 17.6 Å². The average Bonchev–Trinajstić information content (AvgIpc) is 3.43. The zero-order valence-corrected chi connectivity index (χ0v) is 19.1. The molecule has 0 atom stereocenters. The van der Waals surface area contributed by atoms with Crippen molar-refractivity contribution in [3.63, 3.8) is 0 Å². The smallest absolute Gasteiger partial charge is 0.229 e. The molecule has 32 heavy (non-hydrogen) atoms. The van der Waals surface area contributed by atoms with Crippen LogP contribution in [0.4, 0.5) is 9.52 Å². The monoisotopic (exact) mass is 492 g/mol. The zero-order chi connectivity index (χ0) is 22.7. The lowest BCUT2D eigenvalue weighted by atomic mass is 10.3. The third-order valence-corrected chi connectivity index (χ3v) is 7.79. The van der Waals surface area contributed by atoms with Crippen molar-refractivity contribution in [2.45, 2.75) is 17.9 Å². The van der Waals surface area contributed by atoms with E-state index in [9.17, 15) is 17.6 Å². The lowest BCUT2D eigenvalue weighted by Crippen LogP contribution is -2.35. The second-order valence-corrected chi connectivity index (χ2v) is 10.5. The number of rotatable bonds is 8. The molecule has 4 rings (SSSR count). The number of halogens is 2. The van der Waals surface area contributed by atoms with Crippen molar-refractivity contribution in [3.8, 4) is 0 Å². The third-order valence-electron chi connectivity index (χ3n) is 4.76. The van der Waals surface area contributed by atoms with E-state index in [0.717, 1.165) is 0 Å². The number of fused-ring (bicyclic) bond motifs is 1. The van der Waals surface area contributed by atoms with Crippen LogP contribution in [0.2, 0.25) is 5.02 Å². The summed E-state index contributed by atoms with van der Waals surface area (Å²) in [7, 11) is -3.68. The van der Waals surface area contributed by atoms with Crippen LogP contribution in [0.15, 0.2) is 65.8 Å². The van der Waals surface area contributed by atoms with Gasteiger partial charge in [-0.1, -0.05) is 29.0 Å². The first kappa shape index (κ1) is 22.4. The summed E-state index contributed by atoms with van der Waals surface area (Å²) >= 11 is 7.00. The van der Waals surface area contributed by atoms with Gasteiger partial charge in [-0.3, -0.25) is 14.4 Å². The Balaban J connectivity index is 1.56. The topological polar surface area (TPSA) is 85.2 Å². The predicted octanol–water partition coefficient (Wildman–Crippen LogP) is 4.18. The molecule has 7 nitrogen and oxygen atoms in total. The molecule has 0 aliphatic heterocycles. The van der Waals surface area contributed by atoms with E-state index in [1.165, 1.54) is 46.6 Å². The summed E-state index contributed by atoms with van der Waals surface area (Å²) in [6.07, 6.45) is 3.13. The molecule has 0 aliphatic carbocycles. The Bertz CT molecular complexity index is 1340. The Kier molecular flexibility index (Phi) is 6.54. The van der Waals surface area contributed by atoms with E-state index in [0.29, 0.717) is 21.4 Å². The maximum Gasteiger partial charge on any atom is 0.229 e. The van der Waals surface area contributed by atoms with E-state index < -0.39 is 21.6 Å². The molecule has 166 valence electrons. The highest BCUT2D eigenvalue weighted by Gasteiger charge is 2.24. The van der Waals surface area contributed by atoms with Gasteiger partial charge < -0.3 is 0 Å². The minimum Gasteiger partial charge on any atom is -0.286 e. The van der Waals surface area contributed by atoms with Crippen molar-refractivity contribution in [2.75, 3.05) is 17.2 Å². The van der Waals surface area contributed by atoms with Crippen molar-refractivity contribution in [1.82, 2.24) is 14.8 Å². The van der Waals surface area contributed by atoms with E-state index in [1.54, 1.807) is 35.3 Å². The van der Waals surface area contributed by atoms with Crippen molar-refractivity contribution in [2.24, 2.45) is 0 Å². The minimum absolute atomic E-state index is 0.0971. The van der Waals surface area contributed by atoms with Crippen LogP contribution in [0.1, 0.15) is 6.42 Å². The fourth-order valence-corrected chi connectivity index (χ4v) is 5.48. The maximum atomic E-state index is 14.1. The number of thiazole rings is 1. The van der Waals surface area contributed by atoms with Gasteiger partial charge in [-0.15, -0.1) is 0 Å². The highest BCUT2D eigenvalue weighted by atomic mass is 35.5. The number of nitrogens with zero attached hydrogens (tertiary/aromatic N) is 4. The van der Waals surface area contributed by atoms with E-state index in [1.807, 2.05) is 0 Å². The van der Waals surface area contributed by atoms with Crippen LogP contribution in [0.25, 0.3) is 10.2 Å². The molecule has 11 heteroatoms. The number of carbonyl (C=O) groups is 1. The number of hydrogen-bond acceptors (Lipinski definition) is 6. The zero-order valence-electron chi connectivity index (χ0n) is 16.7. The Hall–Kier alpha value is -2.82. The Morgan fingerprint density at radius 3 is 2.62 bits per heavy atom. The summed E-state index contributed by atoms with van der Waals surface area (Å²) in [4.78, 5) is 18.9. The van der Waals surface area contributed by atoms with Crippen molar-refractivity contribution in [3.05, 3.63) is 71.8 Å². The Morgan fingerprint density at radius 1 is 1.16 bits per heavy atom. The molecule has 0 saturated heterocycles. The molecule has 0 N–H and O–H groups in total. The predicted molar refractivity (Wildman–Crippen MR) is 122 cm³/mol.